The molecule has 0 aromatic rings. The molecule has 0 fully saturated rings. The van der Waals surface area contributed by atoms with Gasteiger partial charge in [0.1, 0.15) is 0 Å². The van der Waals surface area contributed by atoms with Gasteiger partial charge in [0.05, 0.1) is 0 Å². The first-order valence-electron chi connectivity index (χ1n) is 0.333. The van der Waals surface area contributed by atoms with Gasteiger partial charge in [-0.15, -0.1) is 0 Å². The molecule has 28 valence electrons. The van der Waals surface area contributed by atoms with Crippen LogP contribution in [0.1, 0.15) is 2.85 Å². The zero-order valence-electron chi connectivity index (χ0n) is 5.63. The van der Waals surface area contributed by atoms with Gasteiger partial charge in [0.15, 0.2) is 0 Å². The Morgan fingerprint density at radius 1 is 0.833 bits per heavy atom. The van der Waals surface area contributed by atoms with Gasteiger partial charge >= 0.3 is 184 Å². The van der Waals surface area contributed by atoms with Crippen LogP contribution in [-0.2, 0) is 46.3 Å². The van der Waals surface area contributed by atoms with Gasteiger partial charge in [0.25, 0.3) is 0 Å². The van der Waals surface area contributed by atoms with Crippen molar-refractivity contribution < 1.29 is 187 Å². The summed E-state index contributed by atoms with van der Waals surface area (Å²) >= 11 is 0.667. The SMILES string of the molecule is [Cs+].[Cs+].[H-].[H-].[O]=[W].[O]=[W]. The van der Waals surface area contributed by atoms with Crippen molar-refractivity contribution in [2.45, 2.75) is 0 Å². The molecule has 0 bridgehead atoms. The van der Waals surface area contributed by atoms with E-state index in [-0.39, 0.29) is 141 Å². The van der Waals surface area contributed by atoms with Crippen molar-refractivity contribution in [3.63, 3.8) is 0 Å². The Hall–Kier alpha value is 5.08. The van der Waals surface area contributed by atoms with E-state index < -0.39 is 0 Å². The van der Waals surface area contributed by atoms with Crippen LogP contribution in [0, 0.1) is 0 Å². The summed E-state index contributed by atoms with van der Waals surface area (Å²) in [5, 5.41) is 0. The van der Waals surface area contributed by atoms with Crippen LogP contribution in [-0.4, -0.2) is 0 Å². The fourth-order valence-corrected chi connectivity index (χ4v) is 0. The van der Waals surface area contributed by atoms with E-state index in [9.17, 15) is 0 Å². The van der Waals surface area contributed by atoms with E-state index in [2.05, 4.69) is 0 Å². The average molecular weight is 668 g/mol. The predicted molar refractivity (Wildman–Crippen MR) is 3.60 cm³/mol. The zero-order valence-corrected chi connectivity index (χ0v) is 22.1. The Morgan fingerprint density at radius 3 is 0.833 bits per heavy atom. The average Bonchev–Trinajstić information content (AvgIpc) is 1.50. The Kier molecular flexibility index (Phi) is 121. The standard InChI is InChI=1S/2Cs.2O.2W.2H/q2*+1;;;;;2*-1. The van der Waals surface area contributed by atoms with Crippen LogP contribution in [0.5, 0.6) is 0 Å². The van der Waals surface area contributed by atoms with Gasteiger partial charge < -0.3 is 2.85 Å². The molecule has 0 aliphatic heterocycles. The molecule has 0 heterocycles. The summed E-state index contributed by atoms with van der Waals surface area (Å²) in [5.74, 6) is 0. The summed E-state index contributed by atoms with van der Waals surface area (Å²) < 4.78 is 16.7. The molecule has 0 aliphatic rings. The van der Waals surface area contributed by atoms with E-state index in [1.165, 1.54) is 0 Å². The third-order valence-electron chi connectivity index (χ3n) is 0. The van der Waals surface area contributed by atoms with Crippen molar-refractivity contribution in [1.29, 1.82) is 0 Å². The van der Waals surface area contributed by atoms with E-state index in [0.29, 0.717) is 39.6 Å². The summed E-state index contributed by atoms with van der Waals surface area (Å²) in [7, 11) is 0. The van der Waals surface area contributed by atoms with Gasteiger partial charge in [-0.1, -0.05) is 0 Å². The molecule has 0 amide bonds. The van der Waals surface area contributed by atoms with Crippen molar-refractivity contribution >= 4 is 0 Å². The normalized spacial score (nSPS) is 1.33. The Morgan fingerprint density at radius 2 is 0.833 bits per heavy atom. The topological polar surface area (TPSA) is 34.1 Å². The summed E-state index contributed by atoms with van der Waals surface area (Å²) in [6.07, 6.45) is 0. The maximum absolute atomic E-state index is 8.33. The molecule has 6 heteroatoms. The number of hydrogen-bond donors (Lipinski definition) is 0. The molecule has 0 aromatic carbocycles. The van der Waals surface area contributed by atoms with Gasteiger partial charge in [-0.05, 0) is 0 Å². The first-order valence-corrected chi connectivity index (χ1v) is 2.73. The van der Waals surface area contributed by atoms with Crippen LogP contribution < -0.4 is 138 Å². The molecule has 0 N–H and O–H groups in total. The molecular formula is H2Cs2O2W2. The fraction of sp³-hybridized carbons (Fsp3) is 0. The van der Waals surface area contributed by atoms with Crippen LogP contribution in [0.2, 0.25) is 0 Å². The molecule has 0 spiro atoms. The van der Waals surface area contributed by atoms with Crippen LogP contribution in [0.4, 0.5) is 0 Å². The van der Waals surface area contributed by atoms with E-state index in [4.69, 9.17) is 6.80 Å². The summed E-state index contributed by atoms with van der Waals surface area (Å²) in [6.45, 7) is 0. The van der Waals surface area contributed by atoms with Gasteiger partial charge in [-0.2, -0.15) is 0 Å². The van der Waals surface area contributed by atoms with E-state index >= 15 is 0 Å². The summed E-state index contributed by atoms with van der Waals surface area (Å²) in [5.41, 5.74) is 0. The van der Waals surface area contributed by atoms with E-state index in [1.54, 1.807) is 0 Å². The van der Waals surface area contributed by atoms with Gasteiger partial charge in [0, 0.05) is 0 Å². The molecule has 0 unspecified atom stereocenters. The first-order chi connectivity index (χ1) is 2.00. The van der Waals surface area contributed by atoms with Crippen LogP contribution in [0.25, 0.3) is 0 Å². The monoisotopic (exact) mass is 668 g/mol. The Bertz CT molecular complexity index is 18.0. The third kappa shape index (κ3) is 23.0. The Balaban J connectivity index is -0.00000000167. The van der Waals surface area contributed by atoms with Crippen LogP contribution >= 0.6 is 0 Å². The molecule has 0 aromatic heterocycles. The molecule has 6 heavy (non-hydrogen) atoms. The van der Waals surface area contributed by atoms with Crippen molar-refractivity contribution in [3.8, 4) is 0 Å². The quantitative estimate of drug-likeness (QED) is 0.258. The molecule has 0 saturated carbocycles. The Labute approximate surface area is 180 Å². The third-order valence-corrected chi connectivity index (χ3v) is 0. The second-order valence-electron chi connectivity index (χ2n) is 0. The van der Waals surface area contributed by atoms with Gasteiger partial charge in [-0.3, -0.25) is 0 Å². The molecule has 0 atom stereocenters. The molecule has 0 aliphatic carbocycles. The fourth-order valence-electron chi connectivity index (χ4n) is 0. The minimum atomic E-state index is 0. The maximum atomic E-state index is 8.33. The number of hydrogen-bond acceptors (Lipinski definition) is 2. The molecule has 0 radical (unpaired) electrons. The van der Waals surface area contributed by atoms with Crippen LogP contribution in [0.15, 0.2) is 0 Å². The van der Waals surface area contributed by atoms with Gasteiger partial charge in [-0.25, -0.2) is 0 Å². The van der Waals surface area contributed by atoms with Crippen molar-refractivity contribution in [2.24, 2.45) is 0 Å². The molecule has 2 nitrogen and oxygen atoms in total. The van der Waals surface area contributed by atoms with Crippen LogP contribution in [0.3, 0.4) is 0 Å². The predicted octanol–water partition coefficient (Wildman–Crippen LogP) is -6.01. The number of rotatable bonds is 0. The van der Waals surface area contributed by atoms with Crippen molar-refractivity contribution in [1.82, 2.24) is 0 Å². The van der Waals surface area contributed by atoms with Crippen molar-refractivity contribution in [3.05, 3.63) is 0 Å². The minimum absolute atomic E-state index is 0. The van der Waals surface area contributed by atoms with Gasteiger partial charge in [0.2, 0.25) is 0 Å². The van der Waals surface area contributed by atoms with E-state index in [0.717, 1.165) is 0 Å². The summed E-state index contributed by atoms with van der Waals surface area (Å²) in [6, 6.07) is 0. The van der Waals surface area contributed by atoms with Crippen molar-refractivity contribution in [2.75, 3.05) is 0 Å². The second kappa shape index (κ2) is 32.2. The molecule has 0 saturated heterocycles. The second-order valence-corrected chi connectivity index (χ2v) is 0. The van der Waals surface area contributed by atoms with E-state index in [1.807, 2.05) is 0 Å². The molecule has 0 rings (SSSR count). The zero-order chi connectivity index (χ0) is 4.00. The summed E-state index contributed by atoms with van der Waals surface area (Å²) in [4.78, 5) is 0. The first kappa shape index (κ1) is 22.5. The molecular weight excluding hydrogens is 665 g/mol.